The molecule has 0 radical (unpaired) electrons. The van der Waals surface area contributed by atoms with Gasteiger partial charge in [-0.2, -0.15) is 0 Å². The Hall–Kier alpha value is -2.32. The summed E-state index contributed by atoms with van der Waals surface area (Å²) < 4.78 is 8.31. The van der Waals surface area contributed by atoms with Gasteiger partial charge in [-0.1, -0.05) is 29.2 Å². The lowest BCUT2D eigenvalue weighted by Crippen LogP contribution is -2.14. The lowest BCUT2D eigenvalue weighted by Gasteiger charge is -2.10. The number of nitrogens with zero attached hydrogens (tertiary/aromatic N) is 3. The zero-order chi connectivity index (χ0) is 19.4. The highest BCUT2D eigenvalue weighted by Crippen LogP contribution is 2.31. The van der Waals surface area contributed by atoms with E-state index in [1.165, 1.54) is 23.1 Å². The van der Waals surface area contributed by atoms with Gasteiger partial charge in [-0.15, -0.1) is 16.8 Å². The maximum Gasteiger partial charge on any atom is 0.206 e. The standard InChI is InChI=1S/C19H22N4O2S2/c1-5-8-20-18-21-22-19(27-18)26-14(4)17(24)16-10-12(2)23(13(16)3)11-15-7-6-9-25-15/h5-7,9-10,14H,1,8,11H2,2-4H3,(H,20,21)/t14-/m1/s1. The number of hydrogen-bond donors (Lipinski definition) is 1. The van der Waals surface area contributed by atoms with Crippen LogP contribution in [-0.2, 0) is 6.54 Å². The van der Waals surface area contributed by atoms with Gasteiger partial charge in [-0.05, 0) is 39.0 Å². The molecule has 3 rings (SSSR count). The Morgan fingerprint density at radius 1 is 1.48 bits per heavy atom. The molecule has 0 saturated heterocycles. The van der Waals surface area contributed by atoms with Crippen LogP contribution in [0.3, 0.4) is 0 Å². The Balaban J connectivity index is 1.71. The molecule has 0 unspecified atom stereocenters. The fraction of sp³-hybridized carbons (Fsp3) is 0.316. The van der Waals surface area contributed by atoms with Crippen LogP contribution in [0, 0.1) is 13.8 Å². The van der Waals surface area contributed by atoms with Gasteiger partial charge in [-0.3, -0.25) is 4.79 Å². The molecule has 0 fully saturated rings. The molecular weight excluding hydrogens is 380 g/mol. The molecule has 0 aliphatic heterocycles. The van der Waals surface area contributed by atoms with Crippen molar-refractivity contribution in [1.29, 1.82) is 0 Å². The van der Waals surface area contributed by atoms with E-state index in [4.69, 9.17) is 4.42 Å². The minimum atomic E-state index is -0.247. The first-order valence-corrected chi connectivity index (χ1v) is 10.3. The molecule has 8 heteroatoms. The van der Waals surface area contributed by atoms with Gasteiger partial charge in [-0.25, -0.2) is 0 Å². The van der Waals surface area contributed by atoms with Crippen LogP contribution in [0.1, 0.15) is 34.4 Å². The Bertz CT molecular complexity index is 928. The minimum absolute atomic E-state index is 0.0922. The lowest BCUT2D eigenvalue weighted by atomic mass is 10.1. The van der Waals surface area contributed by atoms with Gasteiger partial charge in [0.15, 0.2) is 10.1 Å². The summed E-state index contributed by atoms with van der Waals surface area (Å²) in [6, 6.07) is 5.76. The number of rotatable bonds is 9. The van der Waals surface area contributed by atoms with Crippen LogP contribution in [0.15, 0.2) is 45.9 Å². The van der Waals surface area contributed by atoms with Crippen LogP contribution in [0.2, 0.25) is 0 Å². The van der Waals surface area contributed by atoms with Gasteiger partial charge >= 0.3 is 0 Å². The number of anilines is 1. The number of nitrogens with one attached hydrogen (secondary N) is 1. The topological polar surface area (TPSA) is 73.0 Å². The molecule has 6 nitrogen and oxygen atoms in total. The minimum Gasteiger partial charge on any atom is -0.467 e. The van der Waals surface area contributed by atoms with E-state index in [-0.39, 0.29) is 11.0 Å². The smallest absolute Gasteiger partial charge is 0.206 e. The van der Waals surface area contributed by atoms with Crippen LogP contribution in [0.25, 0.3) is 0 Å². The Kier molecular flexibility index (Phi) is 6.18. The number of furan rings is 1. The summed E-state index contributed by atoms with van der Waals surface area (Å²) in [5.41, 5.74) is 2.73. The van der Waals surface area contributed by atoms with E-state index in [1.807, 2.05) is 39.0 Å². The van der Waals surface area contributed by atoms with Crippen molar-refractivity contribution in [3.8, 4) is 0 Å². The van der Waals surface area contributed by atoms with Gasteiger partial charge in [0.1, 0.15) is 5.76 Å². The monoisotopic (exact) mass is 402 g/mol. The van der Waals surface area contributed by atoms with Gasteiger partial charge in [0.2, 0.25) is 5.13 Å². The molecule has 0 aliphatic rings. The zero-order valence-electron chi connectivity index (χ0n) is 15.6. The SMILES string of the molecule is C=CCNc1nnc(S[C@H](C)C(=O)c2cc(C)n(Cc3ccco3)c2C)s1. The molecule has 0 saturated carbocycles. The maximum absolute atomic E-state index is 13.0. The van der Waals surface area contributed by atoms with Crippen molar-refractivity contribution in [3.05, 3.63) is 59.8 Å². The third-order valence-corrected chi connectivity index (χ3v) is 6.25. The number of carbonyl (C=O) groups excluding carboxylic acids is 1. The molecule has 0 aliphatic carbocycles. The first-order chi connectivity index (χ1) is 13.0. The summed E-state index contributed by atoms with van der Waals surface area (Å²) in [5, 5.41) is 11.8. The van der Waals surface area contributed by atoms with Crippen molar-refractivity contribution in [3.63, 3.8) is 0 Å². The third kappa shape index (κ3) is 4.51. The third-order valence-electron chi connectivity index (χ3n) is 4.18. The number of ketones is 1. The Morgan fingerprint density at radius 2 is 2.30 bits per heavy atom. The van der Waals surface area contributed by atoms with Crippen molar-refractivity contribution in [1.82, 2.24) is 14.8 Å². The van der Waals surface area contributed by atoms with Crippen molar-refractivity contribution >= 4 is 34.0 Å². The molecule has 0 bridgehead atoms. The number of hydrogen-bond acceptors (Lipinski definition) is 7. The maximum atomic E-state index is 13.0. The summed E-state index contributed by atoms with van der Waals surface area (Å²) in [6.45, 7) is 10.8. The van der Waals surface area contributed by atoms with E-state index in [1.54, 1.807) is 12.3 Å². The first-order valence-electron chi connectivity index (χ1n) is 8.58. The molecule has 0 spiro atoms. The number of aromatic nitrogens is 3. The number of thioether (sulfide) groups is 1. The van der Waals surface area contributed by atoms with Gasteiger partial charge < -0.3 is 14.3 Å². The zero-order valence-corrected chi connectivity index (χ0v) is 17.2. The number of Topliss-reactive ketones (excluding diaryl/α,β-unsaturated/α-hetero) is 1. The summed E-state index contributed by atoms with van der Waals surface area (Å²) in [7, 11) is 0. The van der Waals surface area contributed by atoms with Crippen LogP contribution in [0.4, 0.5) is 5.13 Å². The molecule has 3 heterocycles. The highest BCUT2D eigenvalue weighted by Gasteiger charge is 2.23. The van der Waals surface area contributed by atoms with E-state index in [0.717, 1.165) is 32.2 Å². The fourth-order valence-corrected chi connectivity index (χ4v) is 4.74. The summed E-state index contributed by atoms with van der Waals surface area (Å²) >= 11 is 2.87. The predicted octanol–water partition coefficient (Wildman–Crippen LogP) is 4.56. The van der Waals surface area contributed by atoms with Crippen molar-refractivity contribution in [2.75, 3.05) is 11.9 Å². The summed E-state index contributed by atoms with van der Waals surface area (Å²) in [4.78, 5) is 13.0. The lowest BCUT2D eigenvalue weighted by molar-refractivity contribution is 0.0993. The first kappa shape index (κ1) is 19.4. The van der Waals surface area contributed by atoms with Gasteiger partial charge in [0.25, 0.3) is 0 Å². The number of carbonyl (C=O) groups is 1. The van der Waals surface area contributed by atoms with Crippen LogP contribution >= 0.6 is 23.1 Å². The molecule has 0 aromatic carbocycles. The van der Waals surface area contributed by atoms with E-state index >= 15 is 0 Å². The van der Waals surface area contributed by atoms with Crippen LogP contribution in [0.5, 0.6) is 0 Å². The second-order valence-corrected chi connectivity index (χ2v) is 8.68. The highest BCUT2D eigenvalue weighted by molar-refractivity contribution is 8.02. The van der Waals surface area contributed by atoms with E-state index < -0.39 is 0 Å². The second-order valence-electron chi connectivity index (χ2n) is 6.12. The number of aryl methyl sites for hydroxylation is 1. The van der Waals surface area contributed by atoms with Gasteiger partial charge in [0.05, 0.1) is 18.1 Å². The summed E-state index contributed by atoms with van der Waals surface area (Å²) in [6.07, 6.45) is 3.42. The van der Waals surface area contributed by atoms with Crippen molar-refractivity contribution in [2.45, 2.75) is 36.9 Å². The van der Waals surface area contributed by atoms with Crippen LogP contribution in [-0.4, -0.2) is 32.3 Å². The van der Waals surface area contributed by atoms with E-state index in [0.29, 0.717) is 13.1 Å². The molecule has 142 valence electrons. The van der Waals surface area contributed by atoms with E-state index in [2.05, 4.69) is 26.7 Å². The largest absolute Gasteiger partial charge is 0.467 e. The average Bonchev–Trinajstić information content (AvgIpc) is 3.37. The fourth-order valence-electron chi connectivity index (χ4n) is 2.76. The van der Waals surface area contributed by atoms with Crippen molar-refractivity contribution in [2.24, 2.45) is 0 Å². The molecule has 0 amide bonds. The predicted molar refractivity (Wildman–Crippen MR) is 110 cm³/mol. The van der Waals surface area contributed by atoms with Gasteiger partial charge in [0, 0.05) is 23.5 Å². The molecular formula is C19H22N4O2S2. The quantitative estimate of drug-likeness (QED) is 0.321. The Morgan fingerprint density at radius 3 is 3.00 bits per heavy atom. The average molecular weight is 403 g/mol. The summed E-state index contributed by atoms with van der Waals surface area (Å²) in [5.74, 6) is 0.959. The van der Waals surface area contributed by atoms with Crippen molar-refractivity contribution < 1.29 is 9.21 Å². The van der Waals surface area contributed by atoms with Crippen LogP contribution < -0.4 is 5.32 Å². The molecule has 3 aromatic rings. The molecule has 1 atom stereocenters. The molecule has 3 aromatic heterocycles. The highest BCUT2D eigenvalue weighted by atomic mass is 32.2. The second kappa shape index (κ2) is 8.58. The Labute approximate surface area is 166 Å². The normalized spacial score (nSPS) is 12.1. The molecule has 27 heavy (non-hydrogen) atoms. The molecule has 1 N–H and O–H groups in total. The van der Waals surface area contributed by atoms with E-state index in [9.17, 15) is 4.79 Å².